The maximum Gasteiger partial charge on any atom is 0.417 e. The molecule has 1 aliphatic heterocycles. The van der Waals surface area contributed by atoms with Gasteiger partial charge in [-0.2, -0.15) is 23.3 Å². The van der Waals surface area contributed by atoms with E-state index in [9.17, 15) is 27.3 Å². The summed E-state index contributed by atoms with van der Waals surface area (Å²) in [5.41, 5.74) is -1.30. The van der Waals surface area contributed by atoms with Crippen molar-refractivity contribution in [3.05, 3.63) is 58.7 Å². The number of anilines is 1. The number of nitriles is 1. The summed E-state index contributed by atoms with van der Waals surface area (Å²) in [6, 6.07) is 9.04. The molecule has 0 spiro atoms. The third kappa shape index (κ3) is 3.96. The molecule has 1 N–H and O–H groups in total. The van der Waals surface area contributed by atoms with Crippen molar-refractivity contribution >= 4 is 28.6 Å². The van der Waals surface area contributed by atoms with Crippen LogP contribution in [0.3, 0.4) is 0 Å². The number of nitrogens with zero attached hydrogens (tertiary/aromatic N) is 2. The van der Waals surface area contributed by atoms with Gasteiger partial charge in [0.15, 0.2) is 0 Å². The summed E-state index contributed by atoms with van der Waals surface area (Å²) in [6.45, 7) is 4.88. The molecule has 0 aromatic heterocycles. The molecule has 0 saturated carbocycles. The van der Waals surface area contributed by atoms with Gasteiger partial charge in [0, 0.05) is 9.42 Å². The van der Waals surface area contributed by atoms with Gasteiger partial charge in [0.25, 0.3) is 5.91 Å². The Morgan fingerprint density at radius 3 is 2.45 bits per heavy atom. The van der Waals surface area contributed by atoms with Crippen LogP contribution in [0.1, 0.15) is 40.9 Å². The minimum absolute atomic E-state index is 0.0170. The van der Waals surface area contributed by atoms with Crippen LogP contribution in [0.4, 0.5) is 23.4 Å². The fraction of sp³-hybridized carbons (Fsp3) is 0.250. The predicted molar refractivity (Wildman–Crippen MR) is 106 cm³/mol. The maximum atomic E-state index is 13.3. The summed E-state index contributed by atoms with van der Waals surface area (Å²) >= 11 is -1.45. The average molecular weight is 455 g/mol. The standard InChI is InChI=1S/C20H17F4N3O3S/c1-11-8-14(6-7-15(11)17(28)30-24)31-19(2,3)18(29)27(26-31)13-5-4-12(10-25)16(9-13)20(21,22)23/h4-9,26,31H,1-3H3. The number of carbonyl (C=O) groups is 2. The molecule has 1 amide bonds. The molecule has 0 bridgehead atoms. The molecule has 1 aliphatic rings. The smallest absolute Gasteiger partial charge is 0.271 e. The Bertz CT molecular complexity index is 1110. The van der Waals surface area contributed by atoms with E-state index in [1.54, 1.807) is 26.8 Å². The number of carbonyl (C=O) groups excluding carboxylic acids is 2. The highest BCUT2D eigenvalue weighted by Gasteiger charge is 2.47. The molecular formula is C20H17F4N3O3S. The first-order valence-corrected chi connectivity index (χ1v) is 10.2. The molecule has 0 aliphatic carbocycles. The van der Waals surface area contributed by atoms with Gasteiger partial charge in [-0.1, -0.05) is 0 Å². The number of rotatable bonds is 3. The summed E-state index contributed by atoms with van der Waals surface area (Å²) in [6.07, 6.45) is -4.76. The number of hydrazine groups is 1. The van der Waals surface area contributed by atoms with Crippen LogP contribution in [0.5, 0.6) is 0 Å². The molecule has 1 saturated heterocycles. The van der Waals surface area contributed by atoms with Crippen molar-refractivity contribution in [3.8, 4) is 6.07 Å². The lowest BCUT2D eigenvalue weighted by atomic mass is 10.1. The quantitative estimate of drug-likeness (QED) is 0.525. The van der Waals surface area contributed by atoms with E-state index in [1.807, 2.05) is 0 Å². The zero-order valence-electron chi connectivity index (χ0n) is 16.5. The number of halogens is 4. The van der Waals surface area contributed by atoms with Gasteiger partial charge in [-0.25, -0.2) is 14.7 Å². The molecule has 6 nitrogen and oxygen atoms in total. The third-order valence-electron chi connectivity index (χ3n) is 4.93. The molecule has 1 fully saturated rings. The number of aryl methyl sites for hydroxylation is 1. The van der Waals surface area contributed by atoms with Crippen LogP contribution in [-0.4, -0.2) is 16.6 Å². The van der Waals surface area contributed by atoms with Crippen molar-refractivity contribution in [2.75, 3.05) is 5.01 Å². The maximum absolute atomic E-state index is 13.3. The molecule has 31 heavy (non-hydrogen) atoms. The molecular weight excluding hydrogens is 438 g/mol. The Labute approximate surface area is 177 Å². The Balaban J connectivity index is 2.01. The predicted octanol–water partition coefficient (Wildman–Crippen LogP) is 4.53. The molecule has 2 aromatic carbocycles. The van der Waals surface area contributed by atoms with Crippen LogP contribution in [0.2, 0.25) is 0 Å². The Hall–Kier alpha value is -3.10. The number of nitrogens with one attached hydrogen (secondary N) is 1. The van der Waals surface area contributed by atoms with Gasteiger partial charge in [-0.3, -0.25) is 4.79 Å². The summed E-state index contributed by atoms with van der Waals surface area (Å²) in [5.74, 6) is -1.60. The third-order valence-corrected chi connectivity index (χ3v) is 7.43. The summed E-state index contributed by atoms with van der Waals surface area (Å²) in [7, 11) is 0. The van der Waals surface area contributed by atoms with Gasteiger partial charge in [0.2, 0.25) is 0 Å². The molecule has 1 unspecified atom stereocenters. The second-order valence-electron chi connectivity index (χ2n) is 7.34. The van der Waals surface area contributed by atoms with E-state index in [2.05, 4.69) is 9.77 Å². The largest absolute Gasteiger partial charge is 0.417 e. The van der Waals surface area contributed by atoms with Crippen LogP contribution >= 0.6 is 11.1 Å². The molecule has 2 aromatic rings. The molecule has 0 radical (unpaired) electrons. The fourth-order valence-corrected chi connectivity index (χ4v) is 5.51. The van der Waals surface area contributed by atoms with Crippen molar-refractivity contribution in [2.45, 2.75) is 36.6 Å². The van der Waals surface area contributed by atoms with Crippen molar-refractivity contribution in [1.82, 2.24) is 4.83 Å². The number of thiol groups is 1. The lowest BCUT2D eigenvalue weighted by Gasteiger charge is -2.27. The van der Waals surface area contributed by atoms with E-state index in [-0.39, 0.29) is 11.3 Å². The van der Waals surface area contributed by atoms with Crippen molar-refractivity contribution < 1.29 is 32.2 Å². The fourth-order valence-electron chi connectivity index (χ4n) is 3.26. The number of hydrogen-bond acceptors (Lipinski definition) is 5. The van der Waals surface area contributed by atoms with Gasteiger partial charge < -0.3 is 0 Å². The average Bonchev–Trinajstić information content (AvgIpc) is 2.95. The minimum Gasteiger partial charge on any atom is -0.271 e. The highest BCUT2D eigenvalue weighted by Crippen LogP contribution is 2.51. The number of benzene rings is 2. The second-order valence-corrected chi connectivity index (χ2v) is 9.84. The van der Waals surface area contributed by atoms with Crippen molar-refractivity contribution in [2.24, 2.45) is 0 Å². The molecule has 164 valence electrons. The van der Waals surface area contributed by atoms with E-state index >= 15 is 0 Å². The van der Waals surface area contributed by atoms with Crippen LogP contribution in [0.15, 0.2) is 41.3 Å². The van der Waals surface area contributed by atoms with E-state index in [1.165, 1.54) is 24.3 Å². The van der Waals surface area contributed by atoms with E-state index in [0.717, 1.165) is 17.1 Å². The van der Waals surface area contributed by atoms with E-state index in [4.69, 9.17) is 5.26 Å². The Morgan fingerprint density at radius 1 is 1.23 bits per heavy atom. The lowest BCUT2D eigenvalue weighted by molar-refractivity contribution is -0.137. The summed E-state index contributed by atoms with van der Waals surface area (Å²) in [5, 5.41) is 10.0. The first-order chi connectivity index (χ1) is 14.4. The van der Waals surface area contributed by atoms with E-state index < -0.39 is 45.0 Å². The normalized spacial score (nSPS) is 19.2. The van der Waals surface area contributed by atoms with Crippen LogP contribution < -0.4 is 9.84 Å². The number of amides is 1. The summed E-state index contributed by atoms with van der Waals surface area (Å²) in [4.78, 5) is 31.4. The second kappa shape index (κ2) is 7.86. The molecule has 1 atom stereocenters. The topological polar surface area (TPSA) is 82.4 Å². The first-order valence-electron chi connectivity index (χ1n) is 8.87. The number of alkyl halides is 3. The first kappa shape index (κ1) is 22.6. The monoisotopic (exact) mass is 455 g/mol. The molecule has 11 heteroatoms. The highest BCUT2D eigenvalue weighted by atomic mass is 32.2. The van der Waals surface area contributed by atoms with Gasteiger partial charge >= 0.3 is 12.1 Å². The summed E-state index contributed by atoms with van der Waals surface area (Å²) < 4.78 is 51.2. The molecule has 1 heterocycles. The van der Waals surface area contributed by atoms with Crippen molar-refractivity contribution in [1.29, 1.82) is 5.26 Å². The van der Waals surface area contributed by atoms with Gasteiger partial charge in [0.05, 0.1) is 33.2 Å². The van der Waals surface area contributed by atoms with Crippen LogP contribution in [0, 0.1) is 18.3 Å². The molecule has 3 rings (SSSR count). The zero-order chi connectivity index (χ0) is 23.1. The van der Waals surface area contributed by atoms with E-state index in [0.29, 0.717) is 10.5 Å². The van der Waals surface area contributed by atoms with Gasteiger partial charge in [0.1, 0.15) is 0 Å². The SMILES string of the molecule is Cc1cc([SH]2NN(c3ccc(C#N)c(C(F)(F)F)c3)C(=O)C2(C)C)ccc1C(=O)OF. The Morgan fingerprint density at radius 2 is 1.90 bits per heavy atom. The minimum atomic E-state index is -4.76. The van der Waals surface area contributed by atoms with Crippen LogP contribution in [0.25, 0.3) is 0 Å². The zero-order valence-corrected chi connectivity index (χ0v) is 17.4. The number of hydrogen-bond donors (Lipinski definition) is 2. The van der Waals surface area contributed by atoms with Crippen LogP contribution in [-0.2, 0) is 15.9 Å². The lowest BCUT2D eigenvalue weighted by Crippen LogP contribution is -2.38. The highest BCUT2D eigenvalue weighted by molar-refractivity contribution is 8.17. The van der Waals surface area contributed by atoms with Gasteiger partial charge in [-0.15, -0.1) is 11.1 Å². The van der Waals surface area contributed by atoms with Crippen molar-refractivity contribution in [3.63, 3.8) is 0 Å². The Kier molecular flexibility index (Phi) is 5.73. The van der Waals surface area contributed by atoms with Gasteiger partial charge in [-0.05, 0) is 62.7 Å².